The molecule has 1 aromatic heterocycles. The van der Waals surface area contributed by atoms with Crippen LogP contribution in [-0.4, -0.2) is 33.7 Å². The molecular weight excluding hydrogens is 432 g/mol. The molecule has 1 N–H and O–H groups in total. The monoisotopic (exact) mass is 455 g/mol. The number of halogens is 2. The second kappa shape index (κ2) is 9.35. The van der Waals surface area contributed by atoms with Gasteiger partial charge in [0, 0.05) is 17.7 Å². The third-order valence-electron chi connectivity index (χ3n) is 5.19. The number of aromatic nitrogens is 3. The smallest absolute Gasteiger partial charge is 0.417 e. The molecule has 0 saturated carbocycles. The maximum Gasteiger partial charge on any atom is 0.417 e. The van der Waals surface area contributed by atoms with Gasteiger partial charge in [-0.15, -0.1) is 0 Å². The van der Waals surface area contributed by atoms with Gasteiger partial charge >= 0.3 is 6.09 Å². The Kier molecular flexibility index (Phi) is 6.34. The summed E-state index contributed by atoms with van der Waals surface area (Å²) in [5.41, 5.74) is -0.193. The van der Waals surface area contributed by atoms with Gasteiger partial charge in [0.15, 0.2) is 0 Å². The predicted octanol–water partition coefficient (Wildman–Crippen LogP) is 5.16. The number of carbonyl (C=O) groups excluding carboxylic acids is 1. The molecule has 0 unspecified atom stereocenters. The highest BCUT2D eigenvalue weighted by molar-refractivity contribution is 5.88. The number of carbonyl (C=O) groups is 1. The first-order chi connectivity index (χ1) is 15.9. The molecule has 4 rings (SSSR count). The average molecular weight is 455 g/mol. The summed E-state index contributed by atoms with van der Waals surface area (Å²) in [7, 11) is 0. The highest BCUT2D eigenvalue weighted by atomic mass is 19.1. The van der Waals surface area contributed by atoms with Crippen LogP contribution in [0.25, 0.3) is 0 Å². The SMILES string of the molecule is CC[C@H]1COC(=O)N1c1nc(C)nc(N[C@@H](C)c2c(F)cc(Oc3ccccc3)cc2F)n1. The molecule has 1 saturated heterocycles. The Morgan fingerprint density at radius 2 is 1.85 bits per heavy atom. The standard InChI is InChI=1S/C23H23F2N5O3/c1-4-15-12-32-23(31)30(15)22-28-14(3)27-21(29-22)26-13(2)20-18(24)10-17(11-19(20)25)33-16-8-6-5-7-9-16/h5-11,13,15H,4,12H2,1-3H3,(H,26,27,28,29)/t13-,15-/m0/s1. The second-order valence-electron chi connectivity index (χ2n) is 7.60. The van der Waals surface area contributed by atoms with E-state index in [4.69, 9.17) is 9.47 Å². The normalized spacial score (nSPS) is 16.5. The van der Waals surface area contributed by atoms with Gasteiger partial charge in [0.1, 0.15) is 35.6 Å². The zero-order chi connectivity index (χ0) is 23.5. The molecule has 172 valence electrons. The van der Waals surface area contributed by atoms with Crippen LogP contribution in [0.3, 0.4) is 0 Å². The van der Waals surface area contributed by atoms with Crippen molar-refractivity contribution in [1.82, 2.24) is 15.0 Å². The Hall–Kier alpha value is -3.82. The molecule has 1 fully saturated rings. The third kappa shape index (κ3) is 4.84. The number of ether oxygens (including phenoxy) is 2. The molecule has 0 bridgehead atoms. The molecule has 0 aliphatic carbocycles. The second-order valence-corrected chi connectivity index (χ2v) is 7.60. The molecule has 0 spiro atoms. The van der Waals surface area contributed by atoms with Gasteiger partial charge in [0.05, 0.1) is 12.1 Å². The van der Waals surface area contributed by atoms with Crippen molar-refractivity contribution in [3.63, 3.8) is 0 Å². The number of anilines is 2. The van der Waals surface area contributed by atoms with E-state index in [1.165, 1.54) is 4.90 Å². The maximum absolute atomic E-state index is 14.8. The molecule has 2 atom stereocenters. The zero-order valence-electron chi connectivity index (χ0n) is 18.4. The van der Waals surface area contributed by atoms with Crippen molar-refractivity contribution in [3.05, 3.63) is 65.5 Å². The van der Waals surface area contributed by atoms with Crippen LogP contribution in [-0.2, 0) is 4.74 Å². The molecule has 2 aromatic carbocycles. The third-order valence-corrected chi connectivity index (χ3v) is 5.19. The topological polar surface area (TPSA) is 89.5 Å². The van der Waals surface area contributed by atoms with Crippen molar-refractivity contribution < 1.29 is 23.0 Å². The number of benzene rings is 2. The van der Waals surface area contributed by atoms with E-state index in [1.807, 2.05) is 13.0 Å². The summed E-state index contributed by atoms with van der Waals surface area (Å²) < 4.78 is 40.3. The lowest BCUT2D eigenvalue weighted by Gasteiger charge is -2.20. The molecule has 1 aliphatic rings. The highest BCUT2D eigenvalue weighted by Crippen LogP contribution is 2.30. The van der Waals surface area contributed by atoms with E-state index in [2.05, 4.69) is 20.3 Å². The van der Waals surface area contributed by atoms with Crippen LogP contribution in [0.5, 0.6) is 11.5 Å². The van der Waals surface area contributed by atoms with Crippen LogP contribution in [0.2, 0.25) is 0 Å². The Bertz CT molecular complexity index is 1140. The summed E-state index contributed by atoms with van der Waals surface area (Å²) in [5, 5.41) is 2.90. The summed E-state index contributed by atoms with van der Waals surface area (Å²) in [6, 6.07) is 9.94. The number of cyclic esters (lactones) is 1. The molecular formula is C23H23F2N5O3. The number of nitrogens with zero attached hydrogens (tertiary/aromatic N) is 4. The fourth-order valence-electron chi connectivity index (χ4n) is 3.57. The Morgan fingerprint density at radius 3 is 2.52 bits per heavy atom. The average Bonchev–Trinajstić information content (AvgIpc) is 3.14. The Labute approximate surface area is 189 Å². The molecule has 2 heterocycles. The van der Waals surface area contributed by atoms with Gasteiger partial charge in [-0.25, -0.2) is 18.5 Å². The molecule has 0 radical (unpaired) electrons. The van der Waals surface area contributed by atoms with Crippen LogP contribution in [0, 0.1) is 18.6 Å². The number of para-hydroxylation sites is 1. The first-order valence-corrected chi connectivity index (χ1v) is 10.5. The van der Waals surface area contributed by atoms with Gasteiger partial charge in [-0.1, -0.05) is 25.1 Å². The summed E-state index contributed by atoms with van der Waals surface area (Å²) in [6.45, 7) is 5.38. The number of amides is 1. The van der Waals surface area contributed by atoms with E-state index in [9.17, 15) is 13.6 Å². The number of nitrogens with one attached hydrogen (secondary N) is 1. The minimum Gasteiger partial charge on any atom is -0.457 e. The fraction of sp³-hybridized carbons (Fsp3) is 0.304. The van der Waals surface area contributed by atoms with Gasteiger partial charge < -0.3 is 14.8 Å². The molecule has 8 nitrogen and oxygen atoms in total. The van der Waals surface area contributed by atoms with Gasteiger partial charge in [-0.05, 0) is 32.4 Å². The van der Waals surface area contributed by atoms with E-state index in [0.717, 1.165) is 12.1 Å². The Morgan fingerprint density at radius 1 is 1.15 bits per heavy atom. The Balaban J connectivity index is 1.56. The van der Waals surface area contributed by atoms with E-state index in [-0.39, 0.29) is 35.9 Å². The number of hydrogen-bond donors (Lipinski definition) is 1. The van der Waals surface area contributed by atoms with E-state index >= 15 is 0 Å². The van der Waals surface area contributed by atoms with Crippen molar-refractivity contribution in [3.8, 4) is 11.5 Å². The summed E-state index contributed by atoms with van der Waals surface area (Å²) in [4.78, 5) is 26.2. The molecule has 1 amide bonds. The van der Waals surface area contributed by atoms with E-state index in [1.54, 1.807) is 38.1 Å². The lowest BCUT2D eigenvalue weighted by molar-refractivity contribution is 0.178. The van der Waals surface area contributed by atoms with Crippen LogP contribution in [0.4, 0.5) is 25.5 Å². The van der Waals surface area contributed by atoms with Crippen molar-refractivity contribution in [1.29, 1.82) is 0 Å². The van der Waals surface area contributed by atoms with Crippen molar-refractivity contribution in [2.24, 2.45) is 0 Å². The summed E-state index contributed by atoms with van der Waals surface area (Å²) in [6.07, 6.45) is 0.112. The molecule has 10 heteroatoms. The quantitative estimate of drug-likeness (QED) is 0.526. The van der Waals surface area contributed by atoms with Gasteiger partial charge in [-0.2, -0.15) is 15.0 Å². The number of aryl methyl sites for hydroxylation is 1. The van der Waals surface area contributed by atoms with Crippen molar-refractivity contribution >= 4 is 18.0 Å². The summed E-state index contributed by atoms with van der Waals surface area (Å²) in [5.74, 6) is -0.487. The molecule has 3 aromatic rings. The van der Waals surface area contributed by atoms with Crippen LogP contribution in [0.1, 0.15) is 37.7 Å². The fourth-order valence-corrected chi connectivity index (χ4v) is 3.57. The molecule has 1 aliphatic heterocycles. The maximum atomic E-state index is 14.8. The first kappa shape index (κ1) is 22.4. The van der Waals surface area contributed by atoms with E-state index in [0.29, 0.717) is 18.0 Å². The number of rotatable bonds is 7. The number of hydrogen-bond acceptors (Lipinski definition) is 7. The first-order valence-electron chi connectivity index (χ1n) is 10.5. The lowest BCUT2D eigenvalue weighted by atomic mass is 10.1. The van der Waals surface area contributed by atoms with Crippen LogP contribution >= 0.6 is 0 Å². The van der Waals surface area contributed by atoms with Crippen molar-refractivity contribution in [2.45, 2.75) is 39.3 Å². The summed E-state index contributed by atoms with van der Waals surface area (Å²) >= 11 is 0. The van der Waals surface area contributed by atoms with Gasteiger partial charge in [0.25, 0.3) is 0 Å². The van der Waals surface area contributed by atoms with Crippen molar-refractivity contribution in [2.75, 3.05) is 16.8 Å². The van der Waals surface area contributed by atoms with E-state index < -0.39 is 23.8 Å². The van der Waals surface area contributed by atoms with Gasteiger partial charge in [0.2, 0.25) is 11.9 Å². The predicted molar refractivity (Wildman–Crippen MR) is 117 cm³/mol. The highest BCUT2D eigenvalue weighted by Gasteiger charge is 2.35. The largest absolute Gasteiger partial charge is 0.457 e. The minimum atomic E-state index is -0.821. The van der Waals surface area contributed by atoms with Crippen LogP contribution in [0.15, 0.2) is 42.5 Å². The zero-order valence-corrected chi connectivity index (χ0v) is 18.4. The minimum absolute atomic E-state index is 0.0450. The van der Waals surface area contributed by atoms with Crippen LogP contribution < -0.4 is 15.0 Å². The molecule has 33 heavy (non-hydrogen) atoms. The van der Waals surface area contributed by atoms with Gasteiger partial charge in [-0.3, -0.25) is 0 Å². The lowest BCUT2D eigenvalue weighted by Crippen LogP contribution is -2.34.